The van der Waals surface area contributed by atoms with Gasteiger partial charge >= 0.3 is 5.97 Å². The number of hydrogen-bond donors (Lipinski definition) is 2. The number of carboxylic acids is 1. The van der Waals surface area contributed by atoms with Crippen molar-refractivity contribution in [2.24, 2.45) is 5.41 Å². The van der Waals surface area contributed by atoms with E-state index in [2.05, 4.69) is 10.3 Å². The zero-order valence-corrected chi connectivity index (χ0v) is 12.2. The number of aliphatic carboxylic acids is 1. The highest BCUT2D eigenvalue weighted by atomic mass is 16.4. The highest BCUT2D eigenvalue weighted by Gasteiger charge is 2.43. The van der Waals surface area contributed by atoms with Crippen LogP contribution >= 0.6 is 0 Å². The standard InChI is InChI=1S/C17H20N2O2/c1-17(16(20)21)11-5-4-8-14(17)19-15-10-9-12-6-2-3-7-13(12)18-15/h2-3,6-7,9-10,14H,4-5,8,11H2,1H3,(H,18,19)(H,20,21). The predicted octanol–water partition coefficient (Wildman–Crippen LogP) is 3.68. The summed E-state index contributed by atoms with van der Waals surface area (Å²) in [6, 6.07) is 11.8. The van der Waals surface area contributed by atoms with Crippen molar-refractivity contribution in [3.63, 3.8) is 0 Å². The third kappa shape index (κ3) is 2.58. The number of rotatable bonds is 3. The molecule has 1 fully saturated rings. The number of carbonyl (C=O) groups is 1. The molecule has 2 aromatic rings. The third-order valence-corrected chi connectivity index (χ3v) is 4.62. The second kappa shape index (κ2) is 5.35. The van der Waals surface area contributed by atoms with E-state index in [4.69, 9.17) is 0 Å². The Balaban J connectivity index is 1.87. The lowest BCUT2D eigenvalue weighted by Crippen LogP contribution is -2.46. The van der Waals surface area contributed by atoms with Crippen LogP contribution in [0.4, 0.5) is 5.82 Å². The molecule has 4 heteroatoms. The summed E-state index contributed by atoms with van der Waals surface area (Å²) in [4.78, 5) is 16.2. The summed E-state index contributed by atoms with van der Waals surface area (Å²) < 4.78 is 0. The molecule has 21 heavy (non-hydrogen) atoms. The van der Waals surface area contributed by atoms with Gasteiger partial charge in [-0.25, -0.2) is 4.98 Å². The summed E-state index contributed by atoms with van der Waals surface area (Å²) in [5.41, 5.74) is 0.210. The summed E-state index contributed by atoms with van der Waals surface area (Å²) in [6.07, 6.45) is 3.63. The van der Waals surface area contributed by atoms with Gasteiger partial charge in [-0.3, -0.25) is 4.79 Å². The Kier molecular flexibility index (Phi) is 3.53. The maximum Gasteiger partial charge on any atom is 0.311 e. The third-order valence-electron chi connectivity index (χ3n) is 4.62. The van der Waals surface area contributed by atoms with Gasteiger partial charge in [-0.2, -0.15) is 0 Å². The molecule has 0 saturated heterocycles. The zero-order chi connectivity index (χ0) is 14.9. The van der Waals surface area contributed by atoms with Gasteiger partial charge in [0.2, 0.25) is 0 Å². The molecule has 2 N–H and O–H groups in total. The molecule has 0 radical (unpaired) electrons. The number of nitrogens with one attached hydrogen (secondary N) is 1. The summed E-state index contributed by atoms with van der Waals surface area (Å²) in [5.74, 6) is 0.0357. The minimum atomic E-state index is -0.722. The number of nitrogens with zero attached hydrogens (tertiary/aromatic N) is 1. The Morgan fingerprint density at radius 1 is 1.29 bits per heavy atom. The number of fused-ring (bicyclic) bond motifs is 1. The van der Waals surface area contributed by atoms with Crippen LogP contribution in [0.3, 0.4) is 0 Å². The molecule has 1 aromatic carbocycles. The Hall–Kier alpha value is -2.10. The molecule has 1 heterocycles. The van der Waals surface area contributed by atoms with Crippen molar-refractivity contribution in [1.29, 1.82) is 0 Å². The molecule has 110 valence electrons. The topological polar surface area (TPSA) is 62.2 Å². The van der Waals surface area contributed by atoms with Crippen molar-refractivity contribution in [2.75, 3.05) is 5.32 Å². The van der Waals surface area contributed by atoms with Crippen LogP contribution in [0.2, 0.25) is 0 Å². The normalized spacial score (nSPS) is 25.7. The van der Waals surface area contributed by atoms with Crippen LogP contribution in [0, 0.1) is 5.41 Å². The van der Waals surface area contributed by atoms with Crippen molar-refractivity contribution in [3.8, 4) is 0 Å². The van der Waals surface area contributed by atoms with E-state index >= 15 is 0 Å². The quantitative estimate of drug-likeness (QED) is 0.902. The SMILES string of the molecule is CC1(C(=O)O)CCCCC1Nc1ccc2ccccc2n1. The summed E-state index contributed by atoms with van der Waals surface area (Å²) in [6.45, 7) is 1.84. The number of aromatic nitrogens is 1. The monoisotopic (exact) mass is 284 g/mol. The van der Waals surface area contributed by atoms with E-state index in [1.165, 1.54) is 0 Å². The fourth-order valence-electron chi connectivity index (χ4n) is 3.15. The van der Waals surface area contributed by atoms with Crippen LogP contribution < -0.4 is 5.32 Å². The lowest BCUT2D eigenvalue weighted by molar-refractivity contribution is -0.150. The van der Waals surface area contributed by atoms with Crippen molar-refractivity contribution in [1.82, 2.24) is 4.98 Å². The fourth-order valence-corrected chi connectivity index (χ4v) is 3.15. The van der Waals surface area contributed by atoms with Gasteiger partial charge < -0.3 is 10.4 Å². The Bertz CT molecular complexity index is 671. The van der Waals surface area contributed by atoms with Gasteiger partial charge in [0.25, 0.3) is 0 Å². The van der Waals surface area contributed by atoms with Crippen LogP contribution in [0.5, 0.6) is 0 Å². The first-order valence-corrected chi connectivity index (χ1v) is 7.45. The molecule has 1 aliphatic carbocycles. The molecule has 0 amide bonds. The van der Waals surface area contributed by atoms with Crippen LogP contribution in [0.1, 0.15) is 32.6 Å². The number of anilines is 1. The smallest absolute Gasteiger partial charge is 0.311 e. The summed E-state index contributed by atoms with van der Waals surface area (Å²) >= 11 is 0. The number of benzene rings is 1. The molecule has 2 unspecified atom stereocenters. The molecule has 2 atom stereocenters. The highest BCUT2D eigenvalue weighted by molar-refractivity contribution is 5.80. The largest absolute Gasteiger partial charge is 0.481 e. The van der Waals surface area contributed by atoms with Crippen LogP contribution in [-0.4, -0.2) is 22.1 Å². The number of pyridine rings is 1. The molecule has 1 saturated carbocycles. The first kappa shape index (κ1) is 13.9. The van der Waals surface area contributed by atoms with Gasteiger partial charge in [-0.15, -0.1) is 0 Å². The van der Waals surface area contributed by atoms with E-state index in [1.54, 1.807) is 0 Å². The second-order valence-corrected chi connectivity index (χ2v) is 6.05. The van der Waals surface area contributed by atoms with E-state index in [-0.39, 0.29) is 6.04 Å². The predicted molar refractivity (Wildman–Crippen MR) is 83.4 cm³/mol. The minimum absolute atomic E-state index is 0.0718. The van der Waals surface area contributed by atoms with Gasteiger partial charge in [-0.1, -0.05) is 31.0 Å². The molecule has 0 aliphatic heterocycles. The van der Waals surface area contributed by atoms with E-state index < -0.39 is 11.4 Å². The van der Waals surface area contributed by atoms with E-state index in [1.807, 2.05) is 43.3 Å². The molecular formula is C17H20N2O2. The summed E-state index contributed by atoms with van der Waals surface area (Å²) in [5, 5.41) is 14.0. The molecule has 0 bridgehead atoms. The van der Waals surface area contributed by atoms with Gasteiger partial charge in [0.1, 0.15) is 5.82 Å². The fraction of sp³-hybridized carbons (Fsp3) is 0.412. The average Bonchev–Trinajstić information content (AvgIpc) is 2.49. The van der Waals surface area contributed by atoms with Crippen molar-refractivity contribution in [2.45, 2.75) is 38.6 Å². The van der Waals surface area contributed by atoms with E-state index in [9.17, 15) is 9.90 Å². The van der Waals surface area contributed by atoms with Crippen molar-refractivity contribution < 1.29 is 9.90 Å². The molecule has 4 nitrogen and oxygen atoms in total. The highest BCUT2D eigenvalue weighted by Crippen LogP contribution is 2.38. The van der Waals surface area contributed by atoms with Gasteiger partial charge in [0.05, 0.1) is 10.9 Å². The minimum Gasteiger partial charge on any atom is -0.481 e. The molecule has 1 aromatic heterocycles. The average molecular weight is 284 g/mol. The number of para-hydroxylation sites is 1. The van der Waals surface area contributed by atoms with Crippen LogP contribution in [-0.2, 0) is 4.79 Å². The summed E-state index contributed by atoms with van der Waals surface area (Å²) in [7, 11) is 0. The van der Waals surface area contributed by atoms with Gasteiger partial charge in [0.15, 0.2) is 0 Å². The van der Waals surface area contributed by atoms with Crippen LogP contribution in [0.25, 0.3) is 10.9 Å². The molecule has 3 rings (SSSR count). The first-order valence-electron chi connectivity index (χ1n) is 7.45. The van der Waals surface area contributed by atoms with Crippen molar-refractivity contribution in [3.05, 3.63) is 36.4 Å². The van der Waals surface area contributed by atoms with Crippen LogP contribution in [0.15, 0.2) is 36.4 Å². The molecule has 1 aliphatic rings. The second-order valence-electron chi connectivity index (χ2n) is 6.05. The lowest BCUT2D eigenvalue weighted by Gasteiger charge is -2.38. The van der Waals surface area contributed by atoms with Gasteiger partial charge in [0, 0.05) is 11.4 Å². The number of carboxylic acid groups (broad SMARTS) is 1. The van der Waals surface area contributed by atoms with Crippen molar-refractivity contribution >= 4 is 22.7 Å². The van der Waals surface area contributed by atoms with E-state index in [0.29, 0.717) is 6.42 Å². The zero-order valence-electron chi connectivity index (χ0n) is 12.2. The van der Waals surface area contributed by atoms with Gasteiger partial charge in [-0.05, 0) is 38.0 Å². The maximum atomic E-state index is 11.6. The Morgan fingerprint density at radius 3 is 2.90 bits per heavy atom. The Morgan fingerprint density at radius 2 is 2.10 bits per heavy atom. The Labute approximate surface area is 124 Å². The first-order chi connectivity index (χ1) is 10.1. The molecular weight excluding hydrogens is 264 g/mol. The van der Waals surface area contributed by atoms with E-state index in [0.717, 1.165) is 36.0 Å². The molecule has 0 spiro atoms. The lowest BCUT2D eigenvalue weighted by atomic mass is 9.71. The number of hydrogen-bond acceptors (Lipinski definition) is 3. The maximum absolute atomic E-state index is 11.6.